The SMILES string of the molecule is Cc1cc(C)cc(-c2ccccc2-c2ccc(-c3ccc(-c4nc(-c5cccnc5)nc(-c5cccnc5)n4)cn3)cc2Br)c1. The van der Waals surface area contributed by atoms with Gasteiger partial charge in [-0.1, -0.05) is 81.7 Å². The third kappa shape index (κ3) is 6.03. The van der Waals surface area contributed by atoms with Crippen molar-refractivity contribution in [3.05, 3.63) is 144 Å². The molecule has 0 saturated carbocycles. The van der Waals surface area contributed by atoms with E-state index in [1.54, 1.807) is 24.8 Å². The van der Waals surface area contributed by atoms with Crippen molar-refractivity contribution in [1.82, 2.24) is 29.9 Å². The van der Waals surface area contributed by atoms with Crippen LogP contribution in [0.15, 0.2) is 133 Å². The number of benzene rings is 3. The van der Waals surface area contributed by atoms with Gasteiger partial charge in [-0.05, 0) is 78.6 Å². The smallest absolute Gasteiger partial charge is 0.165 e. The summed E-state index contributed by atoms with van der Waals surface area (Å²) in [6, 6.07) is 33.2. The normalized spacial score (nSPS) is 11.0. The fraction of sp³-hybridized carbons (Fsp3) is 0.0526. The van der Waals surface area contributed by atoms with E-state index in [-0.39, 0.29) is 0 Å². The van der Waals surface area contributed by atoms with E-state index < -0.39 is 0 Å². The zero-order chi connectivity index (χ0) is 30.8. The first kappa shape index (κ1) is 28.4. The summed E-state index contributed by atoms with van der Waals surface area (Å²) in [6.45, 7) is 4.28. The Morgan fingerprint density at radius 2 is 1.04 bits per heavy atom. The van der Waals surface area contributed by atoms with Gasteiger partial charge < -0.3 is 0 Å². The van der Waals surface area contributed by atoms with Gasteiger partial charge in [-0.3, -0.25) is 15.0 Å². The minimum atomic E-state index is 0.529. The number of aromatic nitrogens is 6. The number of nitrogens with zero attached hydrogens (tertiary/aromatic N) is 6. The van der Waals surface area contributed by atoms with Crippen molar-refractivity contribution in [2.24, 2.45) is 0 Å². The Morgan fingerprint density at radius 1 is 0.467 bits per heavy atom. The maximum atomic E-state index is 4.81. The Kier molecular flexibility index (Phi) is 7.76. The van der Waals surface area contributed by atoms with Crippen molar-refractivity contribution < 1.29 is 0 Å². The molecule has 216 valence electrons. The molecule has 0 fully saturated rings. The van der Waals surface area contributed by atoms with E-state index in [4.69, 9.17) is 19.9 Å². The maximum absolute atomic E-state index is 4.81. The van der Waals surface area contributed by atoms with Crippen LogP contribution < -0.4 is 0 Å². The lowest BCUT2D eigenvalue weighted by Gasteiger charge is -2.14. The Balaban J connectivity index is 1.22. The summed E-state index contributed by atoms with van der Waals surface area (Å²) in [6.07, 6.45) is 8.75. The molecule has 0 aliphatic carbocycles. The number of hydrogen-bond acceptors (Lipinski definition) is 6. The summed E-state index contributed by atoms with van der Waals surface area (Å²) in [5, 5.41) is 0. The Hall–Kier alpha value is -5.40. The average molecular weight is 648 g/mol. The molecule has 0 radical (unpaired) electrons. The van der Waals surface area contributed by atoms with E-state index >= 15 is 0 Å². The molecule has 0 unspecified atom stereocenters. The number of aryl methyl sites for hydroxylation is 2. The van der Waals surface area contributed by atoms with Crippen LogP contribution >= 0.6 is 15.9 Å². The predicted octanol–water partition coefficient (Wildman–Crippen LogP) is 9.44. The van der Waals surface area contributed by atoms with Gasteiger partial charge in [-0.2, -0.15) is 0 Å². The van der Waals surface area contributed by atoms with Gasteiger partial charge in [0.1, 0.15) is 0 Å². The molecule has 7 rings (SSSR count). The second kappa shape index (κ2) is 12.3. The van der Waals surface area contributed by atoms with Crippen molar-refractivity contribution in [2.75, 3.05) is 0 Å². The third-order valence-corrected chi connectivity index (χ3v) is 8.17. The molecule has 4 heterocycles. The predicted molar refractivity (Wildman–Crippen MR) is 183 cm³/mol. The van der Waals surface area contributed by atoms with Gasteiger partial charge >= 0.3 is 0 Å². The van der Waals surface area contributed by atoms with Crippen molar-refractivity contribution in [3.8, 4) is 67.7 Å². The average Bonchev–Trinajstić information content (AvgIpc) is 3.08. The van der Waals surface area contributed by atoms with Gasteiger partial charge in [0.05, 0.1) is 5.69 Å². The highest BCUT2D eigenvalue weighted by Crippen LogP contribution is 2.38. The Morgan fingerprint density at radius 3 is 1.58 bits per heavy atom. The Labute approximate surface area is 270 Å². The summed E-state index contributed by atoms with van der Waals surface area (Å²) >= 11 is 3.86. The van der Waals surface area contributed by atoms with E-state index in [1.807, 2.05) is 42.6 Å². The molecule has 0 bridgehead atoms. The second-order valence-corrected chi connectivity index (χ2v) is 11.7. The topological polar surface area (TPSA) is 77.3 Å². The van der Waals surface area contributed by atoms with Crippen molar-refractivity contribution in [2.45, 2.75) is 13.8 Å². The lowest BCUT2D eigenvalue weighted by Crippen LogP contribution is -2.00. The largest absolute Gasteiger partial charge is 0.264 e. The van der Waals surface area contributed by atoms with Gasteiger partial charge in [0.2, 0.25) is 0 Å². The van der Waals surface area contributed by atoms with Crippen LogP contribution in [0.5, 0.6) is 0 Å². The van der Waals surface area contributed by atoms with Crippen LogP contribution in [0.25, 0.3) is 67.7 Å². The van der Waals surface area contributed by atoms with Crippen LogP contribution in [0.1, 0.15) is 11.1 Å². The zero-order valence-corrected chi connectivity index (χ0v) is 26.3. The highest BCUT2D eigenvalue weighted by molar-refractivity contribution is 9.10. The molecule has 0 atom stereocenters. The molecule has 6 nitrogen and oxygen atoms in total. The first-order valence-electron chi connectivity index (χ1n) is 14.5. The molecule has 0 aliphatic heterocycles. The highest BCUT2D eigenvalue weighted by atomic mass is 79.9. The third-order valence-electron chi connectivity index (χ3n) is 7.51. The fourth-order valence-corrected chi connectivity index (χ4v) is 6.04. The molecule has 0 spiro atoms. The van der Waals surface area contributed by atoms with Crippen LogP contribution in [0.4, 0.5) is 0 Å². The number of hydrogen-bond donors (Lipinski definition) is 0. The summed E-state index contributed by atoms with van der Waals surface area (Å²) < 4.78 is 1.00. The second-order valence-electron chi connectivity index (χ2n) is 10.8. The minimum Gasteiger partial charge on any atom is -0.264 e. The molecular formula is C38H27BrN6. The zero-order valence-electron chi connectivity index (χ0n) is 24.7. The summed E-state index contributed by atoms with van der Waals surface area (Å²) in [5.41, 5.74) is 11.5. The van der Waals surface area contributed by atoms with Gasteiger partial charge in [0, 0.05) is 57.7 Å². The van der Waals surface area contributed by atoms with Crippen molar-refractivity contribution >= 4 is 15.9 Å². The molecular weight excluding hydrogens is 620 g/mol. The van der Waals surface area contributed by atoms with E-state index in [0.717, 1.165) is 38.0 Å². The molecule has 3 aromatic carbocycles. The molecule has 0 aliphatic rings. The van der Waals surface area contributed by atoms with Gasteiger partial charge in [0.15, 0.2) is 17.5 Å². The maximum Gasteiger partial charge on any atom is 0.165 e. The van der Waals surface area contributed by atoms with Crippen LogP contribution in [0.3, 0.4) is 0 Å². The van der Waals surface area contributed by atoms with Crippen LogP contribution in [-0.2, 0) is 0 Å². The van der Waals surface area contributed by atoms with Crippen LogP contribution in [-0.4, -0.2) is 29.9 Å². The van der Waals surface area contributed by atoms with Crippen LogP contribution in [0, 0.1) is 13.8 Å². The van der Waals surface area contributed by atoms with Gasteiger partial charge in [-0.25, -0.2) is 15.0 Å². The van der Waals surface area contributed by atoms with Gasteiger partial charge in [-0.15, -0.1) is 0 Å². The molecule has 0 amide bonds. The molecule has 0 N–H and O–H groups in total. The van der Waals surface area contributed by atoms with E-state index in [2.05, 4.69) is 100 Å². The molecule has 45 heavy (non-hydrogen) atoms. The molecule has 7 aromatic rings. The van der Waals surface area contributed by atoms with Gasteiger partial charge in [0.25, 0.3) is 0 Å². The lowest BCUT2D eigenvalue weighted by molar-refractivity contribution is 1.06. The first-order valence-corrected chi connectivity index (χ1v) is 15.3. The summed E-state index contributed by atoms with van der Waals surface area (Å²) in [5.74, 6) is 1.61. The standard InChI is InChI=1S/C38H27BrN6/c1-24-17-25(2)19-30(18-24)31-9-3-4-10-32(31)33-13-11-26(20-34(33)39)35-14-12-29(23-42-35)38-44-36(27-7-5-15-40-21-27)43-37(45-38)28-8-6-16-41-22-28/h3-23H,1-2H3. The van der Waals surface area contributed by atoms with Crippen molar-refractivity contribution in [3.63, 3.8) is 0 Å². The molecule has 4 aromatic heterocycles. The molecule has 0 saturated heterocycles. The van der Waals surface area contributed by atoms with Crippen molar-refractivity contribution in [1.29, 1.82) is 0 Å². The summed E-state index contributed by atoms with van der Waals surface area (Å²) in [4.78, 5) is 27.6. The monoisotopic (exact) mass is 646 g/mol. The number of rotatable bonds is 6. The van der Waals surface area contributed by atoms with Crippen LogP contribution in [0.2, 0.25) is 0 Å². The minimum absolute atomic E-state index is 0.529. The first-order chi connectivity index (χ1) is 22.0. The quantitative estimate of drug-likeness (QED) is 0.179. The molecule has 7 heteroatoms. The number of halogens is 1. The number of pyridine rings is 3. The lowest BCUT2D eigenvalue weighted by atomic mass is 9.92. The van der Waals surface area contributed by atoms with E-state index in [9.17, 15) is 0 Å². The highest BCUT2D eigenvalue weighted by Gasteiger charge is 2.15. The summed E-state index contributed by atoms with van der Waals surface area (Å²) in [7, 11) is 0. The van der Waals surface area contributed by atoms with E-state index in [0.29, 0.717) is 17.5 Å². The Bertz CT molecular complexity index is 2050. The van der Waals surface area contributed by atoms with E-state index in [1.165, 1.54) is 27.8 Å². The fourth-order valence-electron chi connectivity index (χ4n) is 5.44.